The first kappa shape index (κ1) is 21.3. The molecule has 2 N–H and O–H groups in total. The summed E-state index contributed by atoms with van der Waals surface area (Å²) in [7, 11) is 0. The van der Waals surface area contributed by atoms with E-state index >= 15 is 0 Å². The summed E-state index contributed by atoms with van der Waals surface area (Å²) in [5, 5.41) is 10.3. The standard InChI is InChI=1S/C24H20ClN5O2/c25-22-21(15-28-30(24(22)32)16-17-5-2-1-3-6-17)27-14-18-7-4-8-20(13-18)29-23(31)19-9-11-26-12-10-19/h1-13,15,27H,14,16H2,(H,29,31). The van der Waals surface area contributed by atoms with Crippen molar-refractivity contribution in [1.82, 2.24) is 14.8 Å². The molecule has 8 heteroatoms. The van der Waals surface area contributed by atoms with Gasteiger partial charge in [0.05, 0.1) is 18.4 Å². The molecule has 0 aliphatic rings. The van der Waals surface area contributed by atoms with Crippen molar-refractivity contribution in [3.63, 3.8) is 0 Å². The minimum absolute atomic E-state index is 0.0816. The van der Waals surface area contributed by atoms with Gasteiger partial charge in [0, 0.05) is 30.2 Å². The minimum atomic E-state index is -0.362. The molecule has 0 atom stereocenters. The number of amides is 1. The van der Waals surface area contributed by atoms with E-state index in [0.29, 0.717) is 30.0 Å². The highest BCUT2D eigenvalue weighted by molar-refractivity contribution is 6.32. The molecule has 0 fully saturated rings. The maximum absolute atomic E-state index is 12.6. The third kappa shape index (κ3) is 5.19. The van der Waals surface area contributed by atoms with Crippen molar-refractivity contribution in [2.45, 2.75) is 13.1 Å². The van der Waals surface area contributed by atoms with Crippen molar-refractivity contribution in [1.29, 1.82) is 0 Å². The van der Waals surface area contributed by atoms with Crippen molar-refractivity contribution < 1.29 is 4.79 Å². The van der Waals surface area contributed by atoms with Crippen LogP contribution in [-0.2, 0) is 13.1 Å². The van der Waals surface area contributed by atoms with Gasteiger partial charge in [0.15, 0.2) is 0 Å². The van der Waals surface area contributed by atoms with Gasteiger partial charge in [-0.1, -0.05) is 54.1 Å². The molecule has 2 aromatic heterocycles. The number of nitrogens with one attached hydrogen (secondary N) is 2. The molecule has 160 valence electrons. The third-order valence-corrected chi connectivity index (χ3v) is 5.14. The zero-order valence-electron chi connectivity index (χ0n) is 17.0. The third-order valence-electron chi connectivity index (χ3n) is 4.77. The average Bonchev–Trinajstić information content (AvgIpc) is 2.83. The molecule has 0 aliphatic carbocycles. The van der Waals surface area contributed by atoms with Crippen molar-refractivity contribution in [3.8, 4) is 0 Å². The Balaban J connectivity index is 1.42. The first-order chi connectivity index (χ1) is 15.6. The largest absolute Gasteiger partial charge is 0.378 e. The Labute approximate surface area is 189 Å². The van der Waals surface area contributed by atoms with E-state index in [1.165, 1.54) is 4.68 Å². The normalized spacial score (nSPS) is 10.5. The molecule has 0 unspecified atom stereocenters. The minimum Gasteiger partial charge on any atom is -0.378 e. The van der Waals surface area contributed by atoms with Crippen LogP contribution in [-0.4, -0.2) is 20.7 Å². The van der Waals surface area contributed by atoms with Crippen LogP contribution in [0, 0.1) is 0 Å². The van der Waals surface area contributed by atoms with E-state index in [2.05, 4.69) is 20.7 Å². The predicted octanol–water partition coefficient (Wildman–Crippen LogP) is 4.20. The molecule has 4 rings (SSSR count). The van der Waals surface area contributed by atoms with E-state index in [9.17, 15) is 9.59 Å². The summed E-state index contributed by atoms with van der Waals surface area (Å²) in [6.45, 7) is 0.751. The van der Waals surface area contributed by atoms with Crippen molar-refractivity contribution in [3.05, 3.63) is 117 Å². The van der Waals surface area contributed by atoms with E-state index in [4.69, 9.17) is 11.6 Å². The lowest BCUT2D eigenvalue weighted by molar-refractivity contribution is 0.102. The summed E-state index contributed by atoms with van der Waals surface area (Å²) in [5.41, 5.74) is 3.14. The number of carbonyl (C=O) groups excluding carboxylic acids is 1. The van der Waals surface area contributed by atoms with Crippen molar-refractivity contribution >= 4 is 28.9 Å². The molecular formula is C24H20ClN5O2. The number of rotatable bonds is 7. The van der Waals surface area contributed by atoms with Gasteiger partial charge >= 0.3 is 0 Å². The summed E-state index contributed by atoms with van der Waals surface area (Å²) in [4.78, 5) is 28.8. The topological polar surface area (TPSA) is 88.9 Å². The Morgan fingerprint density at radius 1 is 0.969 bits per heavy atom. The van der Waals surface area contributed by atoms with Gasteiger partial charge in [-0.25, -0.2) is 4.68 Å². The van der Waals surface area contributed by atoms with Gasteiger partial charge in [0.1, 0.15) is 5.02 Å². The van der Waals surface area contributed by atoms with Gasteiger partial charge in [-0.15, -0.1) is 0 Å². The van der Waals surface area contributed by atoms with Crippen LogP contribution in [0.15, 0.2) is 90.1 Å². The molecule has 0 bridgehead atoms. The number of benzene rings is 2. The van der Waals surface area contributed by atoms with Crippen LogP contribution >= 0.6 is 11.6 Å². The van der Waals surface area contributed by atoms with E-state index in [0.717, 1.165) is 11.1 Å². The maximum atomic E-state index is 12.6. The molecule has 2 aromatic carbocycles. The van der Waals surface area contributed by atoms with Crippen LogP contribution in [0.25, 0.3) is 0 Å². The van der Waals surface area contributed by atoms with E-state index in [1.807, 2.05) is 54.6 Å². The lowest BCUT2D eigenvalue weighted by atomic mass is 10.2. The molecule has 2 heterocycles. The molecular weight excluding hydrogens is 426 g/mol. The Morgan fingerprint density at radius 3 is 2.50 bits per heavy atom. The van der Waals surface area contributed by atoms with Gasteiger partial charge in [-0.05, 0) is 35.4 Å². The maximum Gasteiger partial charge on any atom is 0.287 e. The molecule has 0 saturated heterocycles. The van der Waals surface area contributed by atoms with Gasteiger partial charge in [0.2, 0.25) is 0 Å². The fraction of sp³-hybridized carbons (Fsp3) is 0.0833. The first-order valence-corrected chi connectivity index (χ1v) is 10.3. The number of aromatic nitrogens is 3. The number of hydrogen-bond donors (Lipinski definition) is 2. The van der Waals surface area contributed by atoms with Crippen molar-refractivity contribution in [2.75, 3.05) is 10.6 Å². The zero-order valence-corrected chi connectivity index (χ0v) is 17.8. The Kier molecular flexibility index (Phi) is 6.57. The van der Waals surface area contributed by atoms with Crippen molar-refractivity contribution in [2.24, 2.45) is 0 Å². The Hall–Kier alpha value is -3.97. The lowest BCUT2D eigenvalue weighted by Crippen LogP contribution is -2.24. The van der Waals surface area contributed by atoms with Gasteiger partial charge in [-0.2, -0.15) is 5.10 Å². The second-order valence-electron chi connectivity index (χ2n) is 7.06. The predicted molar refractivity (Wildman–Crippen MR) is 125 cm³/mol. The number of carbonyl (C=O) groups is 1. The monoisotopic (exact) mass is 445 g/mol. The SMILES string of the molecule is O=C(Nc1cccc(CNc2cnn(Cc3ccccc3)c(=O)c2Cl)c1)c1ccncc1. The second kappa shape index (κ2) is 9.89. The number of halogens is 1. The number of hydrogen-bond acceptors (Lipinski definition) is 5. The number of anilines is 2. The molecule has 4 aromatic rings. The van der Waals surface area contributed by atoms with Gasteiger partial charge < -0.3 is 10.6 Å². The highest BCUT2D eigenvalue weighted by Gasteiger charge is 2.10. The molecule has 7 nitrogen and oxygen atoms in total. The second-order valence-corrected chi connectivity index (χ2v) is 7.44. The molecule has 0 saturated carbocycles. The molecule has 0 aliphatic heterocycles. The van der Waals surface area contributed by atoms with E-state index in [-0.39, 0.29) is 16.5 Å². The Morgan fingerprint density at radius 2 is 1.72 bits per heavy atom. The highest BCUT2D eigenvalue weighted by atomic mass is 35.5. The first-order valence-electron chi connectivity index (χ1n) is 9.94. The summed E-state index contributed by atoms with van der Waals surface area (Å²) in [6.07, 6.45) is 4.68. The molecule has 0 radical (unpaired) electrons. The lowest BCUT2D eigenvalue weighted by Gasteiger charge is -2.12. The van der Waals surface area contributed by atoms with E-state index in [1.54, 1.807) is 30.7 Å². The smallest absolute Gasteiger partial charge is 0.287 e. The van der Waals surface area contributed by atoms with E-state index < -0.39 is 0 Å². The summed E-state index contributed by atoms with van der Waals surface area (Å²) in [6, 6.07) is 20.3. The summed E-state index contributed by atoms with van der Waals surface area (Å²) >= 11 is 6.30. The number of pyridine rings is 1. The highest BCUT2D eigenvalue weighted by Crippen LogP contribution is 2.18. The van der Waals surface area contributed by atoms with Crippen LogP contribution in [0.2, 0.25) is 5.02 Å². The van der Waals surface area contributed by atoms with Gasteiger partial charge in [0.25, 0.3) is 11.5 Å². The molecule has 1 amide bonds. The fourth-order valence-electron chi connectivity index (χ4n) is 3.12. The van der Waals surface area contributed by atoms with Crippen LogP contribution in [0.1, 0.15) is 21.5 Å². The summed E-state index contributed by atoms with van der Waals surface area (Å²) < 4.78 is 1.33. The summed E-state index contributed by atoms with van der Waals surface area (Å²) in [5.74, 6) is -0.216. The van der Waals surface area contributed by atoms with Crippen LogP contribution < -0.4 is 16.2 Å². The fourth-order valence-corrected chi connectivity index (χ4v) is 3.33. The quantitative estimate of drug-likeness (QED) is 0.445. The van der Waals surface area contributed by atoms with Crippen LogP contribution in [0.4, 0.5) is 11.4 Å². The van der Waals surface area contributed by atoms with Crippen LogP contribution in [0.3, 0.4) is 0 Å². The van der Waals surface area contributed by atoms with Crippen LogP contribution in [0.5, 0.6) is 0 Å². The van der Waals surface area contributed by atoms with Gasteiger partial charge in [-0.3, -0.25) is 14.6 Å². The Bertz CT molecular complexity index is 1280. The molecule has 32 heavy (non-hydrogen) atoms. The average molecular weight is 446 g/mol. The number of nitrogens with zero attached hydrogens (tertiary/aromatic N) is 3. The zero-order chi connectivity index (χ0) is 22.3. The molecule has 0 spiro atoms.